The Hall–Kier alpha value is -4.46. The number of H-pyrrole nitrogens is 1. The highest BCUT2D eigenvalue weighted by Crippen LogP contribution is 2.38. The van der Waals surface area contributed by atoms with Crippen LogP contribution in [0.1, 0.15) is 25.0 Å². The van der Waals surface area contributed by atoms with Crippen LogP contribution in [0, 0.1) is 0 Å². The predicted molar refractivity (Wildman–Crippen MR) is 148 cm³/mol. The molecule has 0 bridgehead atoms. The van der Waals surface area contributed by atoms with Crippen molar-refractivity contribution in [3.05, 3.63) is 77.9 Å². The second-order valence-corrected chi connectivity index (χ2v) is 8.64. The van der Waals surface area contributed by atoms with Crippen molar-refractivity contribution in [3.63, 3.8) is 0 Å². The molecule has 8 heteroatoms. The molecule has 0 aliphatic rings. The Balaban J connectivity index is 1.85. The summed E-state index contributed by atoms with van der Waals surface area (Å²) in [6, 6.07) is 20.7. The van der Waals surface area contributed by atoms with Gasteiger partial charge in [-0.25, -0.2) is 9.79 Å². The summed E-state index contributed by atoms with van der Waals surface area (Å²) in [5, 5.41) is 11.8. The molecule has 3 aromatic carbocycles. The number of aromatic nitrogens is 1. The maximum atomic E-state index is 12.3. The highest BCUT2D eigenvalue weighted by molar-refractivity contribution is 6.22. The summed E-state index contributed by atoms with van der Waals surface area (Å²) in [6.45, 7) is 4.80. The Labute approximate surface area is 216 Å². The molecule has 1 aromatic heterocycles. The standard InChI is InChI=1S/C29H32N4O4/c1-6-36-24-17-22-23(18-25(24)37-7-2)31-28(34)26(22)27(19-11-9-8-10-12-19)30-20-13-15-21(16-14-20)33(5)29(35)32(3)4/h8-18,31,34H,6-7H2,1-5H3. The topological polar surface area (TPSA) is 90.4 Å². The molecule has 0 atom stereocenters. The Morgan fingerprint density at radius 3 is 2.14 bits per heavy atom. The quantitative estimate of drug-likeness (QED) is 0.292. The van der Waals surface area contributed by atoms with E-state index in [1.807, 2.05) is 80.6 Å². The maximum Gasteiger partial charge on any atom is 0.323 e. The first-order valence-corrected chi connectivity index (χ1v) is 12.2. The first kappa shape index (κ1) is 25.6. The Kier molecular flexibility index (Phi) is 7.67. The predicted octanol–water partition coefficient (Wildman–Crippen LogP) is 5.96. The number of aliphatic imine (C=N–C) groups is 1. The summed E-state index contributed by atoms with van der Waals surface area (Å²) >= 11 is 0. The first-order valence-electron chi connectivity index (χ1n) is 12.2. The molecule has 37 heavy (non-hydrogen) atoms. The summed E-state index contributed by atoms with van der Waals surface area (Å²) in [4.78, 5) is 23.4. The number of anilines is 1. The average Bonchev–Trinajstić information content (AvgIpc) is 3.22. The number of benzene rings is 3. The monoisotopic (exact) mass is 500 g/mol. The summed E-state index contributed by atoms with van der Waals surface area (Å²) in [7, 11) is 5.16. The van der Waals surface area contributed by atoms with Gasteiger partial charge in [0.25, 0.3) is 0 Å². The van der Waals surface area contributed by atoms with E-state index >= 15 is 0 Å². The lowest BCUT2D eigenvalue weighted by atomic mass is 10.0. The molecule has 0 aliphatic carbocycles. The van der Waals surface area contributed by atoms with Crippen LogP contribution >= 0.6 is 0 Å². The molecule has 0 saturated heterocycles. The van der Waals surface area contributed by atoms with Crippen LogP contribution in [0.4, 0.5) is 16.2 Å². The molecular weight excluding hydrogens is 468 g/mol. The number of ether oxygens (including phenoxy) is 2. The maximum absolute atomic E-state index is 12.3. The van der Waals surface area contributed by atoms with Crippen molar-refractivity contribution in [2.75, 3.05) is 39.3 Å². The normalized spacial score (nSPS) is 11.4. The van der Waals surface area contributed by atoms with E-state index in [9.17, 15) is 9.90 Å². The molecule has 0 saturated carbocycles. The minimum Gasteiger partial charge on any atom is -0.494 e. The largest absolute Gasteiger partial charge is 0.494 e. The van der Waals surface area contributed by atoms with Crippen molar-refractivity contribution in [1.82, 2.24) is 9.88 Å². The van der Waals surface area contributed by atoms with Crippen molar-refractivity contribution in [1.29, 1.82) is 0 Å². The smallest absolute Gasteiger partial charge is 0.323 e. The van der Waals surface area contributed by atoms with Crippen LogP contribution in [0.3, 0.4) is 0 Å². The van der Waals surface area contributed by atoms with Gasteiger partial charge >= 0.3 is 6.03 Å². The average molecular weight is 501 g/mol. The molecule has 0 spiro atoms. The first-order chi connectivity index (χ1) is 17.8. The van der Waals surface area contributed by atoms with E-state index in [4.69, 9.17) is 14.5 Å². The van der Waals surface area contributed by atoms with Crippen LogP contribution in [0.25, 0.3) is 10.9 Å². The van der Waals surface area contributed by atoms with E-state index in [2.05, 4.69) is 4.98 Å². The number of rotatable bonds is 8. The SMILES string of the molecule is CCOc1cc2[nH]c(O)c(C(=Nc3ccc(N(C)C(=O)N(C)C)cc3)c3ccccc3)c2cc1OCC. The van der Waals surface area contributed by atoms with Gasteiger partial charge in [-0.05, 0) is 44.2 Å². The number of aromatic hydroxyl groups is 1. The summed E-state index contributed by atoms with van der Waals surface area (Å²) < 4.78 is 11.6. The number of hydrogen-bond acceptors (Lipinski definition) is 5. The summed E-state index contributed by atoms with van der Waals surface area (Å²) in [5.41, 5.74) is 4.14. The van der Waals surface area contributed by atoms with Crippen LogP contribution in [-0.2, 0) is 0 Å². The van der Waals surface area contributed by atoms with Gasteiger partial charge in [-0.3, -0.25) is 4.90 Å². The third kappa shape index (κ3) is 5.38. The van der Waals surface area contributed by atoms with Gasteiger partial charge in [0.2, 0.25) is 0 Å². The van der Waals surface area contributed by atoms with Crippen LogP contribution in [0.15, 0.2) is 71.7 Å². The van der Waals surface area contributed by atoms with Crippen LogP contribution in [0.2, 0.25) is 0 Å². The van der Waals surface area contributed by atoms with E-state index < -0.39 is 0 Å². The third-order valence-corrected chi connectivity index (χ3v) is 5.87. The third-order valence-electron chi connectivity index (χ3n) is 5.87. The molecule has 2 N–H and O–H groups in total. The fourth-order valence-corrected chi connectivity index (χ4v) is 4.12. The molecule has 0 radical (unpaired) electrons. The van der Waals surface area contributed by atoms with Gasteiger partial charge < -0.3 is 24.5 Å². The van der Waals surface area contributed by atoms with Gasteiger partial charge in [-0.15, -0.1) is 0 Å². The highest BCUT2D eigenvalue weighted by Gasteiger charge is 2.21. The van der Waals surface area contributed by atoms with Crippen LogP contribution < -0.4 is 14.4 Å². The zero-order chi connectivity index (χ0) is 26.5. The van der Waals surface area contributed by atoms with Crippen LogP contribution in [0.5, 0.6) is 17.4 Å². The minimum absolute atomic E-state index is 0.00151. The Morgan fingerprint density at radius 1 is 0.919 bits per heavy atom. The summed E-state index contributed by atoms with van der Waals surface area (Å²) in [6.07, 6.45) is 0. The number of nitrogens with zero attached hydrogens (tertiary/aromatic N) is 3. The minimum atomic E-state index is -0.124. The molecule has 0 aliphatic heterocycles. The van der Waals surface area contributed by atoms with Gasteiger partial charge in [0, 0.05) is 43.8 Å². The van der Waals surface area contributed by atoms with Crippen molar-refractivity contribution in [2.45, 2.75) is 13.8 Å². The van der Waals surface area contributed by atoms with Gasteiger partial charge in [0.05, 0.1) is 35.7 Å². The highest BCUT2D eigenvalue weighted by atomic mass is 16.5. The number of amides is 2. The molecule has 8 nitrogen and oxygen atoms in total. The van der Waals surface area contributed by atoms with Gasteiger partial charge in [-0.2, -0.15) is 0 Å². The molecule has 2 amide bonds. The zero-order valence-electron chi connectivity index (χ0n) is 21.8. The molecule has 4 aromatic rings. The van der Waals surface area contributed by atoms with Gasteiger partial charge in [0.1, 0.15) is 0 Å². The fraction of sp³-hybridized carbons (Fsp3) is 0.241. The molecule has 1 heterocycles. The van der Waals surface area contributed by atoms with Crippen molar-refractivity contribution >= 4 is 34.0 Å². The van der Waals surface area contributed by atoms with Crippen molar-refractivity contribution < 1.29 is 19.4 Å². The lowest BCUT2D eigenvalue weighted by Crippen LogP contribution is -2.36. The van der Waals surface area contributed by atoms with Crippen molar-refractivity contribution in [2.24, 2.45) is 4.99 Å². The van der Waals surface area contributed by atoms with E-state index in [0.29, 0.717) is 47.2 Å². The van der Waals surface area contributed by atoms with Gasteiger partial charge in [-0.1, -0.05) is 30.3 Å². The van der Waals surface area contributed by atoms with E-state index in [-0.39, 0.29) is 11.9 Å². The molecular formula is C29H32N4O4. The molecule has 0 fully saturated rings. The second kappa shape index (κ2) is 11.1. The molecule has 4 rings (SSSR count). The molecule has 0 unspecified atom stereocenters. The fourth-order valence-electron chi connectivity index (χ4n) is 4.12. The lowest BCUT2D eigenvalue weighted by molar-refractivity contribution is 0.225. The number of carbonyl (C=O) groups excluding carboxylic acids is 1. The molecule has 192 valence electrons. The Morgan fingerprint density at radius 2 is 1.54 bits per heavy atom. The second-order valence-electron chi connectivity index (χ2n) is 8.64. The number of carbonyl (C=O) groups is 1. The van der Waals surface area contributed by atoms with E-state index in [0.717, 1.165) is 16.6 Å². The van der Waals surface area contributed by atoms with Crippen molar-refractivity contribution in [3.8, 4) is 17.4 Å². The number of fused-ring (bicyclic) bond motifs is 1. The number of aromatic amines is 1. The van der Waals surface area contributed by atoms with Crippen LogP contribution in [-0.4, -0.2) is 61.1 Å². The number of urea groups is 1. The summed E-state index contributed by atoms with van der Waals surface area (Å²) in [5.74, 6) is 1.21. The number of hydrogen-bond donors (Lipinski definition) is 2. The lowest BCUT2D eigenvalue weighted by Gasteiger charge is -2.21. The van der Waals surface area contributed by atoms with E-state index in [1.165, 1.54) is 4.90 Å². The van der Waals surface area contributed by atoms with Gasteiger partial charge in [0.15, 0.2) is 17.4 Å². The van der Waals surface area contributed by atoms with E-state index in [1.54, 1.807) is 26.0 Å². The zero-order valence-corrected chi connectivity index (χ0v) is 21.8. The Bertz CT molecular complexity index is 1410. The number of nitrogens with one attached hydrogen (secondary N) is 1.